The van der Waals surface area contributed by atoms with Gasteiger partial charge in [-0.2, -0.15) is 4.31 Å². The number of carbonyl (C=O) groups is 2. The van der Waals surface area contributed by atoms with E-state index >= 15 is 0 Å². The topological polar surface area (TPSA) is 96.9 Å². The molecule has 2 fully saturated rings. The maximum absolute atomic E-state index is 12.8. The second-order valence-electron chi connectivity index (χ2n) is 5.63. The zero-order valence-corrected chi connectivity index (χ0v) is 13.3. The number of amides is 2. The first-order valence-electron chi connectivity index (χ1n) is 7.31. The number of pyridine rings is 1. The van der Waals surface area contributed by atoms with Crippen LogP contribution in [0.3, 0.4) is 0 Å². The summed E-state index contributed by atoms with van der Waals surface area (Å²) < 4.78 is 31.5. The Hall–Kier alpha value is -2.52. The van der Waals surface area contributed by atoms with Gasteiger partial charge in [-0.25, -0.2) is 18.1 Å². The molecule has 0 bridgehead atoms. The predicted molar refractivity (Wildman–Crippen MR) is 82.5 cm³/mol. The highest BCUT2D eigenvalue weighted by atomic mass is 32.2. The zero-order chi connectivity index (χ0) is 16.9. The fraction of sp³-hybridized carbons (Fsp3) is 0.267. The highest BCUT2D eigenvalue weighted by Crippen LogP contribution is 2.29. The van der Waals surface area contributed by atoms with Gasteiger partial charge in [0.1, 0.15) is 4.90 Å². The number of fused-ring (bicyclic) bond motifs is 1. The second kappa shape index (κ2) is 5.25. The van der Waals surface area contributed by atoms with Crippen LogP contribution in [0.4, 0.5) is 4.79 Å². The molecule has 8 nitrogen and oxygen atoms in total. The average molecular weight is 347 g/mol. The Kier molecular flexibility index (Phi) is 3.29. The van der Waals surface area contributed by atoms with Crippen LogP contribution >= 0.6 is 0 Å². The number of para-hydroxylation sites is 1. The number of nitrogens with zero attached hydrogens (tertiary/aromatic N) is 3. The van der Waals surface area contributed by atoms with E-state index in [-0.39, 0.29) is 24.6 Å². The van der Waals surface area contributed by atoms with E-state index in [2.05, 4.69) is 9.72 Å². The van der Waals surface area contributed by atoms with Crippen molar-refractivity contribution in [2.75, 3.05) is 19.7 Å². The van der Waals surface area contributed by atoms with Crippen LogP contribution in [0.15, 0.2) is 41.4 Å². The van der Waals surface area contributed by atoms with Gasteiger partial charge in [-0.15, -0.1) is 0 Å². The van der Waals surface area contributed by atoms with Gasteiger partial charge in [-0.3, -0.25) is 9.78 Å². The molecule has 1 aromatic heterocycles. The molecule has 0 unspecified atom stereocenters. The number of aromatic nitrogens is 1. The Labute approximate surface area is 137 Å². The summed E-state index contributed by atoms with van der Waals surface area (Å²) in [5.41, 5.74) is 0.403. The quantitative estimate of drug-likeness (QED) is 0.806. The summed E-state index contributed by atoms with van der Waals surface area (Å²) in [6, 6.07) is 8.01. The minimum atomic E-state index is -3.75. The van der Waals surface area contributed by atoms with Gasteiger partial charge in [0.15, 0.2) is 6.61 Å². The van der Waals surface area contributed by atoms with Gasteiger partial charge in [0.25, 0.3) is 5.91 Å². The number of benzene rings is 1. The number of hydrogen-bond donors (Lipinski definition) is 0. The predicted octanol–water partition coefficient (Wildman–Crippen LogP) is 0.586. The Morgan fingerprint density at radius 1 is 1.12 bits per heavy atom. The standard InChI is InChI=1S/C15H13N3O5S/c19-13-9-23-15(20)18(13)11-7-17(8-11)24(21,22)12-5-1-3-10-4-2-6-16-14(10)12/h1-6,11H,7-9H2. The number of rotatable bonds is 3. The van der Waals surface area contributed by atoms with E-state index < -0.39 is 28.1 Å². The third kappa shape index (κ3) is 2.16. The molecule has 3 heterocycles. The van der Waals surface area contributed by atoms with Crippen LogP contribution in [0.5, 0.6) is 0 Å². The molecule has 0 saturated carbocycles. The Morgan fingerprint density at radius 2 is 1.88 bits per heavy atom. The highest BCUT2D eigenvalue weighted by Gasteiger charge is 2.47. The molecule has 4 rings (SSSR count). The first-order chi connectivity index (χ1) is 11.5. The lowest BCUT2D eigenvalue weighted by Gasteiger charge is -2.40. The number of imide groups is 1. The summed E-state index contributed by atoms with van der Waals surface area (Å²) in [6.45, 7) is -0.159. The lowest BCUT2D eigenvalue weighted by atomic mass is 10.1. The minimum Gasteiger partial charge on any atom is -0.439 e. The molecule has 9 heteroatoms. The largest absolute Gasteiger partial charge is 0.439 e. The van der Waals surface area contributed by atoms with Gasteiger partial charge in [-0.05, 0) is 12.1 Å². The van der Waals surface area contributed by atoms with Gasteiger partial charge in [0, 0.05) is 24.7 Å². The Morgan fingerprint density at radius 3 is 2.58 bits per heavy atom. The average Bonchev–Trinajstić information content (AvgIpc) is 2.85. The Balaban J connectivity index is 1.61. The van der Waals surface area contributed by atoms with E-state index in [0.29, 0.717) is 5.52 Å². The van der Waals surface area contributed by atoms with Crippen LogP contribution in [0.2, 0.25) is 0 Å². The van der Waals surface area contributed by atoms with Crippen molar-refractivity contribution in [1.29, 1.82) is 0 Å². The minimum absolute atomic E-state index is 0.0619. The number of ether oxygens (including phenoxy) is 1. The third-order valence-corrected chi connectivity index (χ3v) is 6.06. The van der Waals surface area contributed by atoms with Crippen LogP contribution in [0.1, 0.15) is 0 Å². The molecule has 0 spiro atoms. The first-order valence-corrected chi connectivity index (χ1v) is 8.75. The molecule has 0 radical (unpaired) electrons. The van der Waals surface area contributed by atoms with Crippen molar-refractivity contribution >= 4 is 32.9 Å². The molecule has 0 atom stereocenters. The van der Waals surface area contributed by atoms with Gasteiger partial charge in [0.05, 0.1) is 11.6 Å². The molecule has 0 aliphatic carbocycles. The van der Waals surface area contributed by atoms with Crippen LogP contribution in [0.25, 0.3) is 10.9 Å². The van der Waals surface area contributed by atoms with E-state index in [0.717, 1.165) is 10.3 Å². The summed E-state index contributed by atoms with van der Waals surface area (Å²) in [7, 11) is -3.75. The molecule has 2 saturated heterocycles. The van der Waals surface area contributed by atoms with Crippen molar-refractivity contribution in [3.05, 3.63) is 36.5 Å². The fourth-order valence-corrected chi connectivity index (χ4v) is 4.60. The second-order valence-corrected chi connectivity index (χ2v) is 7.53. The van der Waals surface area contributed by atoms with Crippen molar-refractivity contribution in [2.45, 2.75) is 10.9 Å². The SMILES string of the molecule is O=C1COC(=O)N1C1CN(S(=O)(=O)c2cccc3cccnc23)C1. The third-order valence-electron chi connectivity index (χ3n) is 4.19. The monoisotopic (exact) mass is 347 g/mol. The summed E-state index contributed by atoms with van der Waals surface area (Å²) in [5, 5.41) is 0.731. The van der Waals surface area contributed by atoms with Crippen LogP contribution in [0, 0.1) is 0 Å². The molecule has 0 N–H and O–H groups in total. The number of hydrogen-bond acceptors (Lipinski definition) is 6. The maximum Gasteiger partial charge on any atom is 0.417 e. The number of carbonyl (C=O) groups excluding carboxylic acids is 2. The summed E-state index contributed by atoms with van der Waals surface area (Å²) in [4.78, 5) is 28.4. The van der Waals surface area contributed by atoms with E-state index in [4.69, 9.17) is 0 Å². The molecular weight excluding hydrogens is 334 g/mol. The van der Waals surface area contributed by atoms with Crippen molar-refractivity contribution in [2.24, 2.45) is 0 Å². The van der Waals surface area contributed by atoms with Gasteiger partial charge in [0.2, 0.25) is 10.0 Å². The van der Waals surface area contributed by atoms with E-state index in [9.17, 15) is 18.0 Å². The van der Waals surface area contributed by atoms with Crippen molar-refractivity contribution < 1.29 is 22.7 Å². The molecule has 2 aromatic rings. The van der Waals surface area contributed by atoms with Crippen LogP contribution < -0.4 is 0 Å². The molecule has 1 aromatic carbocycles. The normalized spacial score (nSPS) is 19.6. The summed E-state index contributed by atoms with van der Waals surface area (Å²) in [5.74, 6) is -0.436. The summed E-state index contributed by atoms with van der Waals surface area (Å²) >= 11 is 0. The van der Waals surface area contributed by atoms with Crippen LogP contribution in [-0.2, 0) is 19.6 Å². The molecule has 2 aliphatic rings. The van der Waals surface area contributed by atoms with Gasteiger partial charge >= 0.3 is 6.09 Å². The van der Waals surface area contributed by atoms with Crippen LogP contribution in [-0.4, -0.2) is 60.3 Å². The molecule has 24 heavy (non-hydrogen) atoms. The van der Waals surface area contributed by atoms with E-state index in [1.165, 1.54) is 10.4 Å². The van der Waals surface area contributed by atoms with E-state index in [1.807, 2.05) is 0 Å². The molecular formula is C15H13N3O5S. The smallest absolute Gasteiger partial charge is 0.417 e. The zero-order valence-electron chi connectivity index (χ0n) is 12.5. The number of cyclic esters (lactones) is 1. The van der Waals surface area contributed by atoms with Crippen molar-refractivity contribution in [1.82, 2.24) is 14.2 Å². The lowest BCUT2D eigenvalue weighted by Crippen LogP contribution is -2.62. The summed E-state index contributed by atoms with van der Waals surface area (Å²) in [6.07, 6.45) is 0.827. The molecule has 124 valence electrons. The molecule has 2 aliphatic heterocycles. The lowest BCUT2D eigenvalue weighted by molar-refractivity contribution is -0.128. The van der Waals surface area contributed by atoms with Crippen molar-refractivity contribution in [3.63, 3.8) is 0 Å². The Bertz CT molecular complexity index is 931. The fourth-order valence-electron chi connectivity index (χ4n) is 2.92. The number of sulfonamides is 1. The van der Waals surface area contributed by atoms with Gasteiger partial charge in [-0.1, -0.05) is 18.2 Å². The molecule has 2 amide bonds. The maximum atomic E-state index is 12.8. The van der Waals surface area contributed by atoms with Crippen molar-refractivity contribution in [3.8, 4) is 0 Å². The highest BCUT2D eigenvalue weighted by molar-refractivity contribution is 7.89. The van der Waals surface area contributed by atoms with Gasteiger partial charge < -0.3 is 4.74 Å². The van der Waals surface area contributed by atoms with E-state index in [1.54, 1.807) is 30.5 Å². The first kappa shape index (κ1) is 15.0.